The number of amides is 1. The number of hydrogen-bond donors (Lipinski definition) is 0. The maximum absolute atomic E-state index is 12.4. The molecule has 3 rings (SSSR count). The Hall–Kier alpha value is -2.14. The van der Waals surface area contributed by atoms with E-state index in [9.17, 15) is 4.79 Å². The SMILES string of the molecule is CCN(C[C@H]1COc2ccccc2O1)C(=O)c1ccc(Cl)o1. The van der Waals surface area contributed by atoms with Gasteiger partial charge in [0, 0.05) is 6.54 Å². The summed E-state index contributed by atoms with van der Waals surface area (Å²) in [6.45, 7) is 3.26. The number of likely N-dealkylation sites (N-methyl/N-ethyl adjacent to an activating group) is 1. The van der Waals surface area contributed by atoms with Gasteiger partial charge in [0.1, 0.15) is 6.61 Å². The molecule has 0 radical (unpaired) electrons. The van der Waals surface area contributed by atoms with Gasteiger partial charge in [-0.1, -0.05) is 12.1 Å². The number of nitrogens with zero attached hydrogens (tertiary/aromatic N) is 1. The molecule has 1 aromatic carbocycles. The van der Waals surface area contributed by atoms with Crippen LogP contribution < -0.4 is 9.47 Å². The number of ether oxygens (including phenoxy) is 2. The molecule has 1 aromatic heterocycles. The van der Waals surface area contributed by atoms with E-state index in [1.807, 2.05) is 31.2 Å². The highest BCUT2D eigenvalue weighted by molar-refractivity contribution is 6.29. The summed E-state index contributed by atoms with van der Waals surface area (Å²) < 4.78 is 16.7. The molecule has 1 amide bonds. The van der Waals surface area contributed by atoms with Crippen LogP contribution in [0.4, 0.5) is 0 Å². The van der Waals surface area contributed by atoms with Gasteiger partial charge in [0.2, 0.25) is 0 Å². The van der Waals surface area contributed by atoms with Gasteiger partial charge < -0.3 is 18.8 Å². The first-order chi connectivity index (χ1) is 10.7. The van der Waals surface area contributed by atoms with Gasteiger partial charge in [0.25, 0.3) is 5.91 Å². The molecule has 116 valence electrons. The number of furan rings is 1. The van der Waals surface area contributed by atoms with Crippen molar-refractivity contribution >= 4 is 17.5 Å². The second kappa shape index (κ2) is 6.32. The lowest BCUT2D eigenvalue weighted by Gasteiger charge is -2.30. The Morgan fingerprint density at radius 1 is 1.27 bits per heavy atom. The third-order valence-corrected chi connectivity index (χ3v) is 3.65. The first kappa shape index (κ1) is 14.8. The standard InChI is InChI=1S/C16H16ClNO4/c1-2-18(16(19)14-7-8-15(17)22-14)9-11-10-20-12-5-3-4-6-13(12)21-11/h3-8,11H,2,9-10H2,1H3/t11-/m0/s1. The Morgan fingerprint density at radius 3 is 2.73 bits per heavy atom. The van der Waals surface area contributed by atoms with E-state index in [-0.39, 0.29) is 23.0 Å². The van der Waals surface area contributed by atoms with Crippen LogP contribution in [-0.4, -0.2) is 36.6 Å². The molecule has 0 unspecified atom stereocenters. The number of carbonyl (C=O) groups excluding carboxylic acids is 1. The summed E-state index contributed by atoms with van der Waals surface area (Å²) in [6, 6.07) is 10.6. The van der Waals surface area contributed by atoms with Crippen LogP contribution >= 0.6 is 11.6 Å². The van der Waals surface area contributed by atoms with Gasteiger partial charge in [0.05, 0.1) is 6.54 Å². The van der Waals surface area contributed by atoms with Crippen LogP contribution in [0, 0.1) is 0 Å². The zero-order valence-electron chi connectivity index (χ0n) is 12.1. The predicted molar refractivity (Wildman–Crippen MR) is 81.6 cm³/mol. The maximum Gasteiger partial charge on any atom is 0.289 e. The lowest BCUT2D eigenvalue weighted by Crippen LogP contribution is -2.43. The van der Waals surface area contributed by atoms with Gasteiger partial charge >= 0.3 is 0 Å². The highest BCUT2D eigenvalue weighted by atomic mass is 35.5. The van der Waals surface area contributed by atoms with Gasteiger partial charge in [-0.3, -0.25) is 4.79 Å². The smallest absolute Gasteiger partial charge is 0.289 e. The van der Waals surface area contributed by atoms with E-state index in [4.69, 9.17) is 25.5 Å². The highest BCUT2D eigenvalue weighted by Crippen LogP contribution is 2.31. The van der Waals surface area contributed by atoms with Crippen molar-refractivity contribution in [1.29, 1.82) is 0 Å². The van der Waals surface area contributed by atoms with Gasteiger partial charge in [-0.15, -0.1) is 0 Å². The van der Waals surface area contributed by atoms with Crippen molar-refractivity contribution in [3.05, 3.63) is 47.4 Å². The second-order valence-electron chi connectivity index (χ2n) is 4.95. The van der Waals surface area contributed by atoms with E-state index >= 15 is 0 Å². The summed E-state index contributed by atoms with van der Waals surface area (Å²) in [7, 11) is 0. The van der Waals surface area contributed by atoms with E-state index in [1.54, 1.807) is 17.0 Å². The van der Waals surface area contributed by atoms with Crippen LogP contribution in [0.25, 0.3) is 0 Å². The molecule has 2 aromatic rings. The highest BCUT2D eigenvalue weighted by Gasteiger charge is 2.26. The van der Waals surface area contributed by atoms with E-state index in [0.717, 1.165) is 5.75 Å². The van der Waals surface area contributed by atoms with Crippen molar-refractivity contribution in [2.75, 3.05) is 19.7 Å². The minimum atomic E-state index is -0.218. The molecule has 0 bridgehead atoms. The number of carbonyl (C=O) groups is 1. The van der Waals surface area contributed by atoms with E-state index in [1.165, 1.54) is 0 Å². The molecule has 0 spiro atoms. The molecule has 5 nitrogen and oxygen atoms in total. The number of benzene rings is 1. The lowest BCUT2D eigenvalue weighted by atomic mass is 10.2. The normalized spacial score (nSPS) is 16.4. The summed E-state index contributed by atoms with van der Waals surface area (Å²) in [5.41, 5.74) is 0. The summed E-state index contributed by atoms with van der Waals surface area (Å²) in [4.78, 5) is 14.0. The second-order valence-corrected chi connectivity index (χ2v) is 5.32. The molecule has 0 N–H and O–H groups in total. The molecular weight excluding hydrogens is 306 g/mol. The zero-order chi connectivity index (χ0) is 15.5. The Balaban J connectivity index is 1.68. The number of hydrogen-bond acceptors (Lipinski definition) is 4. The van der Waals surface area contributed by atoms with E-state index < -0.39 is 0 Å². The Labute approximate surface area is 133 Å². The van der Waals surface area contributed by atoms with Gasteiger partial charge in [-0.25, -0.2) is 0 Å². The maximum atomic E-state index is 12.4. The molecule has 0 saturated heterocycles. The molecule has 0 fully saturated rings. The van der Waals surface area contributed by atoms with Crippen molar-refractivity contribution < 1.29 is 18.7 Å². The number of halogens is 1. The van der Waals surface area contributed by atoms with Crippen molar-refractivity contribution in [2.45, 2.75) is 13.0 Å². The number of para-hydroxylation sites is 2. The minimum absolute atomic E-state index is 0.200. The van der Waals surface area contributed by atoms with Crippen LogP contribution in [0.1, 0.15) is 17.5 Å². The summed E-state index contributed by atoms with van der Waals surface area (Å²) in [5, 5.41) is 0.200. The third kappa shape index (κ3) is 3.04. The minimum Gasteiger partial charge on any atom is -0.486 e. The van der Waals surface area contributed by atoms with Crippen LogP contribution in [0.3, 0.4) is 0 Å². The van der Waals surface area contributed by atoms with Crippen molar-refractivity contribution in [3.63, 3.8) is 0 Å². The van der Waals surface area contributed by atoms with Gasteiger partial charge in [0.15, 0.2) is 28.6 Å². The fraction of sp³-hybridized carbons (Fsp3) is 0.312. The molecule has 22 heavy (non-hydrogen) atoms. The van der Waals surface area contributed by atoms with Crippen LogP contribution in [0.5, 0.6) is 11.5 Å². The van der Waals surface area contributed by atoms with Crippen LogP contribution in [-0.2, 0) is 0 Å². The average molecular weight is 322 g/mol. The first-order valence-corrected chi connectivity index (χ1v) is 7.48. The summed E-state index contributed by atoms with van der Waals surface area (Å²) in [6.07, 6.45) is -0.218. The van der Waals surface area contributed by atoms with Crippen LogP contribution in [0.2, 0.25) is 5.22 Å². The van der Waals surface area contributed by atoms with Crippen molar-refractivity contribution in [3.8, 4) is 11.5 Å². The Morgan fingerprint density at radius 2 is 2.05 bits per heavy atom. The molecule has 0 aliphatic carbocycles. The summed E-state index contributed by atoms with van der Waals surface area (Å²) in [5.74, 6) is 1.44. The Kier molecular flexibility index (Phi) is 4.24. The first-order valence-electron chi connectivity index (χ1n) is 7.10. The molecule has 1 aliphatic heterocycles. The molecule has 6 heteroatoms. The van der Waals surface area contributed by atoms with Crippen molar-refractivity contribution in [1.82, 2.24) is 4.90 Å². The summed E-state index contributed by atoms with van der Waals surface area (Å²) >= 11 is 5.72. The quantitative estimate of drug-likeness (QED) is 0.867. The molecule has 2 heterocycles. The fourth-order valence-corrected chi connectivity index (χ4v) is 2.49. The van der Waals surface area contributed by atoms with Gasteiger partial charge in [-0.2, -0.15) is 0 Å². The van der Waals surface area contributed by atoms with Crippen LogP contribution in [0.15, 0.2) is 40.8 Å². The zero-order valence-corrected chi connectivity index (χ0v) is 12.9. The van der Waals surface area contributed by atoms with Crippen molar-refractivity contribution in [2.24, 2.45) is 0 Å². The number of fused-ring (bicyclic) bond motifs is 1. The van der Waals surface area contributed by atoms with E-state index in [0.29, 0.717) is 25.4 Å². The fourth-order valence-electron chi connectivity index (χ4n) is 2.34. The molecule has 1 atom stereocenters. The molecule has 0 saturated carbocycles. The van der Waals surface area contributed by atoms with Gasteiger partial charge in [-0.05, 0) is 42.8 Å². The largest absolute Gasteiger partial charge is 0.486 e. The average Bonchev–Trinajstić information content (AvgIpc) is 2.98. The third-order valence-electron chi connectivity index (χ3n) is 3.44. The number of rotatable bonds is 4. The molecule has 1 aliphatic rings. The predicted octanol–water partition coefficient (Wildman–Crippen LogP) is 3.24. The topological polar surface area (TPSA) is 51.9 Å². The van der Waals surface area contributed by atoms with E-state index in [2.05, 4.69) is 0 Å². The molecular formula is C16H16ClNO4. The lowest BCUT2D eigenvalue weighted by molar-refractivity contribution is 0.0455. The monoisotopic (exact) mass is 321 g/mol. The Bertz CT molecular complexity index is 670.